The molecule has 0 spiro atoms. The third kappa shape index (κ3) is 3.49. The van der Waals surface area contributed by atoms with Crippen LogP contribution in [0, 0.1) is 5.92 Å². The fourth-order valence-corrected chi connectivity index (χ4v) is 2.47. The van der Waals surface area contributed by atoms with E-state index in [9.17, 15) is 4.79 Å². The van der Waals surface area contributed by atoms with Gasteiger partial charge < -0.3 is 16.8 Å². The molecule has 0 fully saturated rings. The number of anilines is 1. The molecule has 0 aliphatic rings. The van der Waals surface area contributed by atoms with E-state index in [1.54, 1.807) is 0 Å². The maximum atomic E-state index is 11.7. The number of para-hydroxylation sites is 1. The van der Waals surface area contributed by atoms with E-state index in [0.29, 0.717) is 18.0 Å². The maximum absolute atomic E-state index is 11.7. The number of carbonyl (C=O) groups excluding carboxylic acids is 1. The quantitative estimate of drug-likeness (QED) is 0.758. The highest BCUT2D eigenvalue weighted by Gasteiger charge is 2.17. The Hall–Kier alpha value is -2.14. The van der Waals surface area contributed by atoms with Gasteiger partial charge in [-0.3, -0.25) is 9.78 Å². The molecule has 0 saturated heterocycles. The van der Waals surface area contributed by atoms with Crippen LogP contribution in [-0.2, 0) is 0 Å². The summed E-state index contributed by atoms with van der Waals surface area (Å²) < 4.78 is 0. The van der Waals surface area contributed by atoms with Crippen LogP contribution in [0.1, 0.15) is 30.6 Å². The number of benzene rings is 1. The van der Waals surface area contributed by atoms with Crippen LogP contribution in [0.15, 0.2) is 30.5 Å². The van der Waals surface area contributed by atoms with E-state index in [4.69, 9.17) is 11.5 Å². The molecule has 2 rings (SSSR count). The summed E-state index contributed by atoms with van der Waals surface area (Å²) in [6, 6.07) is 7.76. The predicted molar refractivity (Wildman–Crippen MR) is 86.2 cm³/mol. The molecule has 1 aromatic carbocycles. The first-order valence-corrected chi connectivity index (χ1v) is 7.17. The Morgan fingerprint density at radius 3 is 2.67 bits per heavy atom. The van der Waals surface area contributed by atoms with Gasteiger partial charge in [0.05, 0.1) is 16.8 Å². The van der Waals surface area contributed by atoms with Gasteiger partial charge >= 0.3 is 0 Å². The van der Waals surface area contributed by atoms with E-state index in [1.807, 2.05) is 24.3 Å². The largest absolute Gasteiger partial charge is 0.380 e. The third-order valence-electron chi connectivity index (χ3n) is 3.43. The SMILES string of the molecule is CC(C)CC(CN)Nc1c(C(N)=O)cnc2ccccc12. The van der Waals surface area contributed by atoms with Crippen LogP contribution >= 0.6 is 0 Å². The van der Waals surface area contributed by atoms with E-state index < -0.39 is 5.91 Å². The van der Waals surface area contributed by atoms with Crippen molar-refractivity contribution in [2.24, 2.45) is 17.4 Å². The number of aromatic nitrogens is 1. The van der Waals surface area contributed by atoms with E-state index in [2.05, 4.69) is 24.1 Å². The molecule has 5 nitrogen and oxygen atoms in total. The van der Waals surface area contributed by atoms with Crippen molar-refractivity contribution in [3.63, 3.8) is 0 Å². The minimum Gasteiger partial charge on any atom is -0.380 e. The first kappa shape index (κ1) is 15.3. The molecule has 0 aliphatic carbocycles. The maximum Gasteiger partial charge on any atom is 0.252 e. The van der Waals surface area contributed by atoms with Crippen LogP contribution in [0.5, 0.6) is 0 Å². The van der Waals surface area contributed by atoms with Gasteiger partial charge in [-0.2, -0.15) is 0 Å². The summed E-state index contributed by atoms with van der Waals surface area (Å²) in [6.45, 7) is 4.78. The van der Waals surface area contributed by atoms with Crippen molar-refractivity contribution in [2.45, 2.75) is 26.3 Å². The van der Waals surface area contributed by atoms with Crippen LogP contribution in [-0.4, -0.2) is 23.5 Å². The Morgan fingerprint density at radius 1 is 1.33 bits per heavy atom. The number of primary amides is 1. The first-order valence-electron chi connectivity index (χ1n) is 7.17. The highest BCUT2D eigenvalue weighted by Crippen LogP contribution is 2.27. The van der Waals surface area contributed by atoms with E-state index in [1.165, 1.54) is 6.20 Å². The van der Waals surface area contributed by atoms with Crippen molar-refractivity contribution in [1.29, 1.82) is 0 Å². The summed E-state index contributed by atoms with van der Waals surface area (Å²) in [7, 11) is 0. The molecule has 21 heavy (non-hydrogen) atoms. The standard InChI is InChI=1S/C16H22N4O/c1-10(2)7-11(8-17)20-15-12-5-3-4-6-14(12)19-9-13(15)16(18)21/h3-6,9-11H,7-8,17H2,1-2H3,(H2,18,21)(H,19,20). The lowest BCUT2D eigenvalue weighted by molar-refractivity contribution is 0.100. The Labute approximate surface area is 124 Å². The number of nitrogens with one attached hydrogen (secondary N) is 1. The molecule has 0 radical (unpaired) electrons. The number of hydrogen-bond acceptors (Lipinski definition) is 4. The van der Waals surface area contributed by atoms with E-state index >= 15 is 0 Å². The second-order valence-electron chi connectivity index (χ2n) is 5.63. The molecular formula is C16H22N4O. The van der Waals surface area contributed by atoms with Crippen LogP contribution < -0.4 is 16.8 Å². The zero-order valence-corrected chi connectivity index (χ0v) is 12.5. The fourth-order valence-electron chi connectivity index (χ4n) is 2.47. The van der Waals surface area contributed by atoms with Crippen LogP contribution in [0.25, 0.3) is 10.9 Å². The fraction of sp³-hybridized carbons (Fsp3) is 0.375. The number of rotatable bonds is 6. The lowest BCUT2D eigenvalue weighted by atomic mass is 10.0. The van der Waals surface area contributed by atoms with Gasteiger partial charge in [0.25, 0.3) is 5.91 Å². The Bertz CT molecular complexity index is 639. The smallest absolute Gasteiger partial charge is 0.252 e. The monoisotopic (exact) mass is 286 g/mol. The number of nitrogens with zero attached hydrogens (tertiary/aromatic N) is 1. The minimum absolute atomic E-state index is 0.0916. The van der Waals surface area contributed by atoms with Crippen molar-refractivity contribution < 1.29 is 4.79 Å². The molecule has 1 amide bonds. The summed E-state index contributed by atoms with van der Waals surface area (Å²) >= 11 is 0. The van der Waals surface area contributed by atoms with Crippen LogP contribution in [0.2, 0.25) is 0 Å². The predicted octanol–water partition coefficient (Wildman–Crippen LogP) is 2.12. The summed E-state index contributed by atoms with van der Waals surface area (Å²) in [4.78, 5) is 16.0. The van der Waals surface area contributed by atoms with Crippen molar-refractivity contribution >= 4 is 22.5 Å². The average Bonchev–Trinajstić information content (AvgIpc) is 2.45. The molecule has 0 bridgehead atoms. The number of pyridine rings is 1. The van der Waals surface area contributed by atoms with Gasteiger partial charge in [-0.05, 0) is 18.4 Å². The Kier molecular flexibility index (Phi) is 4.75. The van der Waals surface area contributed by atoms with Gasteiger partial charge in [-0.1, -0.05) is 32.0 Å². The Morgan fingerprint density at radius 2 is 2.05 bits per heavy atom. The van der Waals surface area contributed by atoms with E-state index in [-0.39, 0.29) is 6.04 Å². The summed E-state index contributed by atoms with van der Waals surface area (Å²) in [6.07, 6.45) is 2.45. The highest BCUT2D eigenvalue weighted by molar-refractivity contribution is 6.06. The second kappa shape index (κ2) is 6.54. The summed E-state index contributed by atoms with van der Waals surface area (Å²) in [5.41, 5.74) is 13.3. The minimum atomic E-state index is -0.490. The summed E-state index contributed by atoms with van der Waals surface area (Å²) in [5.74, 6) is 0.0206. The van der Waals surface area contributed by atoms with Gasteiger partial charge in [0.2, 0.25) is 0 Å². The molecule has 112 valence electrons. The molecule has 2 aromatic rings. The Balaban J connectivity index is 2.48. The normalized spacial score (nSPS) is 12.6. The lowest BCUT2D eigenvalue weighted by Gasteiger charge is -2.22. The average molecular weight is 286 g/mol. The molecule has 0 saturated carbocycles. The van der Waals surface area contributed by atoms with Crippen molar-refractivity contribution in [1.82, 2.24) is 4.98 Å². The van der Waals surface area contributed by atoms with E-state index in [0.717, 1.165) is 23.0 Å². The second-order valence-corrected chi connectivity index (χ2v) is 5.63. The molecular weight excluding hydrogens is 264 g/mol. The zero-order chi connectivity index (χ0) is 15.4. The highest BCUT2D eigenvalue weighted by atomic mass is 16.1. The van der Waals surface area contributed by atoms with Crippen molar-refractivity contribution in [3.8, 4) is 0 Å². The van der Waals surface area contributed by atoms with Crippen molar-refractivity contribution in [2.75, 3.05) is 11.9 Å². The number of fused-ring (bicyclic) bond motifs is 1. The lowest BCUT2D eigenvalue weighted by Crippen LogP contribution is -2.31. The zero-order valence-electron chi connectivity index (χ0n) is 12.5. The van der Waals surface area contributed by atoms with Crippen LogP contribution in [0.4, 0.5) is 5.69 Å². The molecule has 1 unspecified atom stereocenters. The number of carbonyl (C=O) groups is 1. The molecule has 1 atom stereocenters. The number of amides is 1. The first-order chi connectivity index (χ1) is 10.0. The number of nitrogens with two attached hydrogens (primary N) is 2. The van der Waals surface area contributed by atoms with Gasteiger partial charge in [-0.15, -0.1) is 0 Å². The van der Waals surface area contributed by atoms with Gasteiger partial charge in [0.1, 0.15) is 0 Å². The van der Waals surface area contributed by atoms with Gasteiger partial charge in [-0.25, -0.2) is 0 Å². The molecule has 1 aromatic heterocycles. The molecule has 5 heteroatoms. The summed E-state index contributed by atoms with van der Waals surface area (Å²) in [5, 5.41) is 4.27. The third-order valence-corrected chi connectivity index (χ3v) is 3.43. The molecule has 0 aliphatic heterocycles. The van der Waals surface area contributed by atoms with Gasteiger partial charge in [0.15, 0.2) is 0 Å². The van der Waals surface area contributed by atoms with Crippen LogP contribution in [0.3, 0.4) is 0 Å². The number of hydrogen-bond donors (Lipinski definition) is 3. The molecule has 5 N–H and O–H groups in total. The van der Waals surface area contributed by atoms with Gasteiger partial charge in [0, 0.05) is 24.2 Å². The van der Waals surface area contributed by atoms with Crippen molar-refractivity contribution in [3.05, 3.63) is 36.0 Å². The topological polar surface area (TPSA) is 94.0 Å². The molecule has 1 heterocycles.